The molecule has 2 aliphatic heterocycles. The first-order chi connectivity index (χ1) is 11.3. The highest BCUT2D eigenvalue weighted by molar-refractivity contribution is 5.80. The lowest BCUT2D eigenvalue weighted by molar-refractivity contribution is 0.259. The van der Waals surface area contributed by atoms with Crippen LogP contribution in [0.25, 0.3) is 0 Å². The summed E-state index contributed by atoms with van der Waals surface area (Å²) in [6, 6.07) is 0.705. The molecule has 0 aromatic rings. The lowest BCUT2D eigenvalue weighted by Gasteiger charge is -2.26. The first kappa shape index (κ1) is 15.5. The van der Waals surface area contributed by atoms with Crippen LogP contribution in [0.1, 0.15) is 39.0 Å². The van der Waals surface area contributed by atoms with Crippen molar-refractivity contribution in [2.24, 2.45) is 22.7 Å². The number of likely N-dealkylation sites (tertiary alicyclic amines) is 1. The van der Waals surface area contributed by atoms with Crippen LogP contribution in [-0.2, 0) is 0 Å². The fourth-order valence-electron chi connectivity index (χ4n) is 4.37. The topological polar surface area (TPSA) is 30.9 Å². The number of aliphatic imine (C=N–C) groups is 1. The Morgan fingerprint density at radius 2 is 1.83 bits per heavy atom. The summed E-state index contributed by atoms with van der Waals surface area (Å²) >= 11 is 0. The largest absolute Gasteiger partial charge is 0.357 e. The van der Waals surface area contributed by atoms with Crippen molar-refractivity contribution in [2.45, 2.75) is 45.1 Å². The van der Waals surface area contributed by atoms with Gasteiger partial charge in [-0.1, -0.05) is 12.2 Å². The Morgan fingerprint density at radius 3 is 2.43 bits per heavy atom. The quantitative estimate of drug-likeness (QED) is 0.463. The molecule has 128 valence electrons. The average molecular weight is 316 g/mol. The monoisotopic (exact) mass is 316 g/mol. The summed E-state index contributed by atoms with van der Waals surface area (Å²) in [7, 11) is 0. The third-order valence-corrected chi connectivity index (χ3v) is 6.07. The van der Waals surface area contributed by atoms with E-state index in [-0.39, 0.29) is 0 Å². The third kappa shape index (κ3) is 3.73. The summed E-state index contributed by atoms with van der Waals surface area (Å²) in [5.41, 5.74) is 0. The van der Waals surface area contributed by atoms with Crippen molar-refractivity contribution in [2.75, 3.05) is 39.3 Å². The highest BCUT2D eigenvalue weighted by Gasteiger charge is 2.41. The molecule has 1 N–H and O–H groups in total. The van der Waals surface area contributed by atoms with Crippen molar-refractivity contribution in [1.29, 1.82) is 0 Å². The van der Waals surface area contributed by atoms with Gasteiger partial charge in [0.2, 0.25) is 0 Å². The van der Waals surface area contributed by atoms with E-state index in [1.54, 1.807) is 0 Å². The molecule has 0 aromatic heterocycles. The molecule has 1 atom stereocenters. The summed E-state index contributed by atoms with van der Waals surface area (Å²) in [5, 5.41) is 3.55. The van der Waals surface area contributed by atoms with Gasteiger partial charge >= 0.3 is 0 Å². The Balaban J connectivity index is 1.35. The molecule has 1 unspecified atom stereocenters. The van der Waals surface area contributed by atoms with E-state index in [4.69, 9.17) is 4.99 Å². The Kier molecular flexibility index (Phi) is 4.61. The van der Waals surface area contributed by atoms with Crippen LogP contribution in [0, 0.1) is 17.8 Å². The summed E-state index contributed by atoms with van der Waals surface area (Å²) in [4.78, 5) is 10.2. The van der Waals surface area contributed by atoms with E-state index in [1.165, 1.54) is 38.1 Å². The first-order valence-corrected chi connectivity index (χ1v) is 9.77. The van der Waals surface area contributed by atoms with Gasteiger partial charge in [0.15, 0.2) is 5.96 Å². The lowest BCUT2D eigenvalue weighted by Crippen LogP contribution is -2.43. The van der Waals surface area contributed by atoms with Crippen molar-refractivity contribution >= 4 is 5.96 Å². The van der Waals surface area contributed by atoms with Crippen LogP contribution in [0.3, 0.4) is 0 Å². The second-order valence-electron chi connectivity index (χ2n) is 7.85. The fraction of sp³-hybridized carbons (Fsp3) is 0.842. The van der Waals surface area contributed by atoms with E-state index >= 15 is 0 Å². The number of hydrogen-bond donors (Lipinski definition) is 1. The second-order valence-corrected chi connectivity index (χ2v) is 7.85. The van der Waals surface area contributed by atoms with Gasteiger partial charge in [-0.3, -0.25) is 9.89 Å². The Labute approximate surface area is 141 Å². The molecule has 0 bridgehead atoms. The van der Waals surface area contributed by atoms with Gasteiger partial charge in [-0.15, -0.1) is 0 Å². The molecule has 3 fully saturated rings. The summed E-state index contributed by atoms with van der Waals surface area (Å²) < 4.78 is 0. The van der Waals surface area contributed by atoms with E-state index in [9.17, 15) is 0 Å². The van der Waals surface area contributed by atoms with Crippen molar-refractivity contribution in [3.8, 4) is 0 Å². The zero-order chi connectivity index (χ0) is 15.6. The van der Waals surface area contributed by atoms with Crippen LogP contribution in [0.5, 0.6) is 0 Å². The van der Waals surface area contributed by atoms with E-state index < -0.39 is 0 Å². The molecule has 4 heteroatoms. The van der Waals surface area contributed by atoms with E-state index in [0.29, 0.717) is 6.04 Å². The molecule has 0 aromatic carbocycles. The molecule has 2 aliphatic carbocycles. The number of hydrogen-bond acceptors (Lipinski definition) is 2. The maximum Gasteiger partial charge on any atom is 0.193 e. The third-order valence-electron chi connectivity index (χ3n) is 6.07. The van der Waals surface area contributed by atoms with Gasteiger partial charge in [-0.2, -0.15) is 0 Å². The molecular formula is C19H32N4. The molecular weight excluding hydrogens is 284 g/mol. The number of nitrogens with zero attached hydrogens (tertiary/aromatic N) is 3. The van der Waals surface area contributed by atoms with Crippen molar-refractivity contribution < 1.29 is 0 Å². The van der Waals surface area contributed by atoms with E-state index in [2.05, 4.69) is 34.2 Å². The first-order valence-electron chi connectivity index (χ1n) is 9.77. The zero-order valence-corrected chi connectivity index (χ0v) is 14.6. The minimum absolute atomic E-state index is 0.705. The van der Waals surface area contributed by atoms with Crippen molar-refractivity contribution in [3.63, 3.8) is 0 Å². The molecule has 2 heterocycles. The second kappa shape index (κ2) is 6.84. The average Bonchev–Trinajstić information content (AvgIpc) is 3.47. The fourth-order valence-corrected chi connectivity index (χ4v) is 4.37. The van der Waals surface area contributed by atoms with E-state index in [0.717, 1.165) is 57.0 Å². The molecule has 0 spiro atoms. The predicted octanol–water partition coefficient (Wildman–Crippen LogP) is 2.33. The summed E-state index contributed by atoms with van der Waals surface area (Å²) in [6.45, 7) is 8.80. The van der Waals surface area contributed by atoms with E-state index in [1.807, 2.05) is 0 Å². The van der Waals surface area contributed by atoms with Crippen molar-refractivity contribution in [3.05, 3.63) is 12.2 Å². The van der Waals surface area contributed by atoms with Crippen LogP contribution >= 0.6 is 0 Å². The molecule has 0 amide bonds. The molecule has 0 radical (unpaired) electrons. The lowest BCUT2D eigenvalue weighted by atomic mass is 9.98. The SMILES string of the molecule is CCNC(=NCC(C1CC1)C1CC1)N1CCC(N2CC=CC2)C1. The number of rotatable bonds is 6. The van der Waals surface area contributed by atoms with Gasteiger partial charge in [-0.05, 0) is 56.8 Å². The van der Waals surface area contributed by atoms with Crippen LogP contribution in [0.2, 0.25) is 0 Å². The Bertz CT molecular complexity index is 444. The van der Waals surface area contributed by atoms with Crippen LogP contribution < -0.4 is 5.32 Å². The molecule has 23 heavy (non-hydrogen) atoms. The van der Waals surface area contributed by atoms with Gasteiger partial charge in [0.1, 0.15) is 0 Å². The van der Waals surface area contributed by atoms with Crippen LogP contribution in [0.4, 0.5) is 0 Å². The molecule has 4 aliphatic rings. The maximum absolute atomic E-state index is 5.08. The van der Waals surface area contributed by atoms with Crippen molar-refractivity contribution in [1.82, 2.24) is 15.1 Å². The summed E-state index contributed by atoms with van der Waals surface area (Å²) in [6.07, 6.45) is 11.7. The highest BCUT2D eigenvalue weighted by Crippen LogP contribution is 2.49. The minimum Gasteiger partial charge on any atom is -0.357 e. The normalized spacial score (nSPS) is 29.0. The van der Waals surface area contributed by atoms with Crippen LogP contribution in [0.15, 0.2) is 17.1 Å². The van der Waals surface area contributed by atoms with Gasteiger partial charge in [0.25, 0.3) is 0 Å². The maximum atomic E-state index is 5.08. The van der Waals surface area contributed by atoms with Gasteiger partial charge in [0, 0.05) is 45.3 Å². The van der Waals surface area contributed by atoms with Gasteiger partial charge < -0.3 is 10.2 Å². The minimum atomic E-state index is 0.705. The van der Waals surface area contributed by atoms with Crippen LogP contribution in [-0.4, -0.2) is 61.1 Å². The Morgan fingerprint density at radius 1 is 1.13 bits per heavy atom. The molecule has 1 saturated heterocycles. The van der Waals surface area contributed by atoms with Gasteiger partial charge in [0.05, 0.1) is 0 Å². The molecule has 4 nitrogen and oxygen atoms in total. The summed E-state index contributed by atoms with van der Waals surface area (Å²) in [5.74, 6) is 4.05. The number of nitrogens with one attached hydrogen (secondary N) is 1. The highest BCUT2D eigenvalue weighted by atomic mass is 15.3. The molecule has 2 saturated carbocycles. The number of guanidine groups is 1. The standard InChI is InChI=1S/C19H32N4/c1-2-20-19(21-13-18(15-5-6-15)16-7-8-16)23-12-9-17(14-23)22-10-3-4-11-22/h3-4,15-18H,2,5-14H2,1H3,(H,20,21). The molecule has 4 rings (SSSR count). The zero-order valence-electron chi connectivity index (χ0n) is 14.6. The smallest absolute Gasteiger partial charge is 0.193 e. The Hall–Kier alpha value is -1.03. The predicted molar refractivity (Wildman–Crippen MR) is 95.6 cm³/mol. The van der Waals surface area contributed by atoms with Gasteiger partial charge in [-0.25, -0.2) is 0 Å².